The highest BCUT2D eigenvalue weighted by Gasteiger charge is 2.30. The van der Waals surface area contributed by atoms with Crippen molar-refractivity contribution in [2.75, 3.05) is 0 Å². The van der Waals surface area contributed by atoms with Crippen LogP contribution in [0.2, 0.25) is 0 Å². The number of hydrogen-bond acceptors (Lipinski definition) is 2. The van der Waals surface area contributed by atoms with E-state index in [2.05, 4.69) is 18.2 Å². The van der Waals surface area contributed by atoms with E-state index in [1.54, 1.807) is 0 Å². The fourth-order valence-electron chi connectivity index (χ4n) is 2.74. The van der Waals surface area contributed by atoms with Crippen molar-refractivity contribution < 1.29 is 9.90 Å². The summed E-state index contributed by atoms with van der Waals surface area (Å²) in [5, 5.41) is 8.94. The van der Waals surface area contributed by atoms with Gasteiger partial charge in [-0.3, -0.25) is 4.79 Å². The molecule has 0 spiro atoms. The molecule has 98 valence electrons. The second-order valence-electron chi connectivity index (χ2n) is 5.92. The molecule has 0 saturated heterocycles. The highest BCUT2D eigenvalue weighted by molar-refractivity contribution is 5.67. The third kappa shape index (κ3) is 2.56. The number of aryl methyl sites for hydroxylation is 2. The third-order valence-corrected chi connectivity index (χ3v) is 3.93. The lowest BCUT2D eigenvalue weighted by atomic mass is 9.78. The summed E-state index contributed by atoms with van der Waals surface area (Å²) < 4.78 is 0. The molecule has 0 saturated carbocycles. The van der Waals surface area contributed by atoms with Crippen LogP contribution in [0.1, 0.15) is 49.4 Å². The summed E-state index contributed by atoms with van der Waals surface area (Å²) in [6, 6.07) is 6.13. The van der Waals surface area contributed by atoms with Gasteiger partial charge in [0.15, 0.2) is 0 Å². The van der Waals surface area contributed by atoms with Crippen LogP contribution >= 0.6 is 0 Å². The van der Waals surface area contributed by atoms with Crippen molar-refractivity contribution in [2.45, 2.75) is 45.6 Å². The van der Waals surface area contributed by atoms with Gasteiger partial charge in [-0.25, -0.2) is 0 Å². The molecule has 18 heavy (non-hydrogen) atoms. The largest absolute Gasteiger partial charge is 0.481 e. The van der Waals surface area contributed by atoms with Gasteiger partial charge >= 0.3 is 5.97 Å². The summed E-state index contributed by atoms with van der Waals surface area (Å²) in [6.07, 6.45) is 3.58. The summed E-state index contributed by atoms with van der Waals surface area (Å²) >= 11 is 0. The first-order chi connectivity index (χ1) is 8.40. The van der Waals surface area contributed by atoms with Crippen molar-refractivity contribution in [1.82, 2.24) is 0 Å². The zero-order valence-corrected chi connectivity index (χ0v) is 11.1. The fourth-order valence-corrected chi connectivity index (χ4v) is 2.74. The number of nitrogens with two attached hydrogens (primary N) is 1. The fraction of sp³-hybridized carbons (Fsp3) is 0.533. The Morgan fingerprint density at radius 1 is 1.39 bits per heavy atom. The van der Waals surface area contributed by atoms with Crippen LogP contribution < -0.4 is 5.73 Å². The van der Waals surface area contributed by atoms with Crippen molar-refractivity contribution in [1.29, 1.82) is 0 Å². The highest BCUT2D eigenvalue weighted by atomic mass is 16.4. The smallest absolute Gasteiger partial charge is 0.303 e. The molecule has 1 atom stereocenters. The molecule has 0 heterocycles. The SMILES string of the molecule is CC(C)(CC(=O)O)C(N)c1ccc2c(c1)CCC2. The van der Waals surface area contributed by atoms with Gasteiger partial charge in [0.25, 0.3) is 0 Å². The minimum Gasteiger partial charge on any atom is -0.481 e. The van der Waals surface area contributed by atoms with Gasteiger partial charge < -0.3 is 10.8 Å². The van der Waals surface area contributed by atoms with Gasteiger partial charge in [0, 0.05) is 6.04 Å². The summed E-state index contributed by atoms with van der Waals surface area (Å²) in [6.45, 7) is 3.83. The Morgan fingerprint density at radius 3 is 2.72 bits per heavy atom. The standard InChI is InChI=1S/C15H21NO2/c1-15(2,9-13(17)18)14(16)12-7-6-10-4-3-5-11(10)8-12/h6-8,14H,3-5,9,16H2,1-2H3,(H,17,18). The number of carbonyl (C=O) groups is 1. The Labute approximate surface area is 108 Å². The van der Waals surface area contributed by atoms with Crippen molar-refractivity contribution in [3.8, 4) is 0 Å². The predicted molar refractivity (Wildman–Crippen MR) is 71.4 cm³/mol. The second-order valence-corrected chi connectivity index (χ2v) is 5.92. The molecule has 3 N–H and O–H groups in total. The summed E-state index contributed by atoms with van der Waals surface area (Å²) in [5.74, 6) is -0.795. The lowest BCUT2D eigenvalue weighted by Gasteiger charge is -2.30. The van der Waals surface area contributed by atoms with E-state index in [-0.39, 0.29) is 12.5 Å². The molecule has 1 aromatic rings. The van der Waals surface area contributed by atoms with Crippen LogP contribution in [-0.4, -0.2) is 11.1 Å². The average molecular weight is 247 g/mol. The van der Waals surface area contributed by atoms with Gasteiger partial charge in [0.1, 0.15) is 0 Å². The molecule has 3 nitrogen and oxygen atoms in total. The Hall–Kier alpha value is -1.35. The Morgan fingerprint density at radius 2 is 2.06 bits per heavy atom. The van der Waals surface area contributed by atoms with Crippen LogP contribution in [0.3, 0.4) is 0 Å². The first-order valence-electron chi connectivity index (χ1n) is 6.49. The number of carboxylic acid groups (broad SMARTS) is 1. The summed E-state index contributed by atoms with van der Waals surface area (Å²) in [4.78, 5) is 10.9. The lowest BCUT2D eigenvalue weighted by Crippen LogP contribution is -2.31. The molecule has 0 aliphatic heterocycles. The van der Waals surface area contributed by atoms with Crippen LogP contribution in [0, 0.1) is 5.41 Å². The molecule has 2 rings (SSSR count). The third-order valence-electron chi connectivity index (χ3n) is 3.93. The van der Waals surface area contributed by atoms with E-state index < -0.39 is 11.4 Å². The van der Waals surface area contributed by atoms with E-state index in [1.807, 2.05) is 13.8 Å². The molecule has 0 aromatic heterocycles. The Balaban J connectivity index is 2.23. The van der Waals surface area contributed by atoms with Crippen LogP contribution in [0.15, 0.2) is 18.2 Å². The van der Waals surface area contributed by atoms with Gasteiger partial charge in [-0.1, -0.05) is 32.0 Å². The Kier molecular flexibility index (Phi) is 3.44. The maximum absolute atomic E-state index is 10.9. The first kappa shape index (κ1) is 13.1. The van der Waals surface area contributed by atoms with Crippen LogP contribution in [0.25, 0.3) is 0 Å². The van der Waals surface area contributed by atoms with E-state index in [1.165, 1.54) is 17.5 Å². The maximum Gasteiger partial charge on any atom is 0.303 e. The minimum atomic E-state index is -0.795. The normalized spacial score (nSPS) is 16.4. The molecule has 0 radical (unpaired) electrons. The first-order valence-corrected chi connectivity index (χ1v) is 6.49. The summed E-state index contributed by atoms with van der Waals surface area (Å²) in [7, 11) is 0. The van der Waals surface area contributed by atoms with Crippen LogP contribution in [-0.2, 0) is 17.6 Å². The number of rotatable bonds is 4. The predicted octanol–water partition coefficient (Wildman–Crippen LogP) is 2.68. The number of carboxylic acids is 1. The van der Waals surface area contributed by atoms with Crippen molar-refractivity contribution in [3.05, 3.63) is 34.9 Å². The van der Waals surface area contributed by atoms with E-state index >= 15 is 0 Å². The molecule has 0 amide bonds. The zero-order chi connectivity index (χ0) is 13.3. The second kappa shape index (κ2) is 4.73. The molecular weight excluding hydrogens is 226 g/mol. The highest BCUT2D eigenvalue weighted by Crippen LogP contribution is 2.36. The van der Waals surface area contributed by atoms with E-state index in [0.717, 1.165) is 18.4 Å². The Bertz CT molecular complexity index is 466. The van der Waals surface area contributed by atoms with Gasteiger partial charge in [-0.15, -0.1) is 0 Å². The van der Waals surface area contributed by atoms with E-state index in [0.29, 0.717) is 0 Å². The molecule has 3 heteroatoms. The molecule has 1 unspecified atom stereocenters. The maximum atomic E-state index is 10.9. The number of hydrogen-bond donors (Lipinski definition) is 2. The lowest BCUT2D eigenvalue weighted by molar-refractivity contribution is -0.139. The summed E-state index contributed by atoms with van der Waals surface area (Å²) in [5.41, 5.74) is 9.68. The number of aliphatic carboxylic acids is 1. The van der Waals surface area contributed by atoms with Gasteiger partial charge in [-0.05, 0) is 41.4 Å². The molecular formula is C15H21NO2. The molecule has 1 aromatic carbocycles. The minimum absolute atomic E-state index is 0.0885. The van der Waals surface area contributed by atoms with Gasteiger partial charge in [-0.2, -0.15) is 0 Å². The van der Waals surface area contributed by atoms with E-state index in [4.69, 9.17) is 10.8 Å². The van der Waals surface area contributed by atoms with Crippen LogP contribution in [0.5, 0.6) is 0 Å². The number of fused-ring (bicyclic) bond motifs is 1. The average Bonchev–Trinajstić information content (AvgIpc) is 2.72. The van der Waals surface area contributed by atoms with Gasteiger partial charge in [0.05, 0.1) is 6.42 Å². The topological polar surface area (TPSA) is 63.3 Å². The van der Waals surface area contributed by atoms with Crippen molar-refractivity contribution >= 4 is 5.97 Å². The van der Waals surface area contributed by atoms with E-state index in [9.17, 15) is 4.79 Å². The van der Waals surface area contributed by atoms with Crippen molar-refractivity contribution in [2.24, 2.45) is 11.1 Å². The van der Waals surface area contributed by atoms with Gasteiger partial charge in [0.2, 0.25) is 0 Å². The molecule has 0 fully saturated rings. The molecule has 1 aliphatic carbocycles. The van der Waals surface area contributed by atoms with Crippen LogP contribution in [0.4, 0.5) is 0 Å². The monoisotopic (exact) mass is 247 g/mol. The molecule has 1 aliphatic rings. The molecule has 0 bridgehead atoms. The van der Waals surface area contributed by atoms with Crippen molar-refractivity contribution in [3.63, 3.8) is 0 Å². The number of benzene rings is 1. The zero-order valence-electron chi connectivity index (χ0n) is 11.1. The quantitative estimate of drug-likeness (QED) is 0.859.